The number of halogens is 2. The molecule has 2 aliphatic carbocycles. The molecule has 0 heterocycles. The molecule has 3 rings (SSSR count). The van der Waals surface area contributed by atoms with Crippen LogP contribution >= 0.6 is 31.9 Å². The molecule has 26 heavy (non-hydrogen) atoms. The van der Waals surface area contributed by atoms with Crippen LogP contribution in [0.5, 0.6) is 0 Å². The maximum absolute atomic E-state index is 12.8. The van der Waals surface area contributed by atoms with Crippen LogP contribution in [0.15, 0.2) is 39.3 Å². The van der Waals surface area contributed by atoms with Crippen LogP contribution in [0.2, 0.25) is 0 Å². The van der Waals surface area contributed by atoms with E-state index < -0.39 is 0 Å². The maximum atomic E-state index is 12.8. The van der Waals surface area contributed by atoms with Crippen LogP contribution in [0.3, 0.4) is 0 Å². The minimum Gasteiger partial charge on any atom is -0.458 e. The Morgan fingerprint density at radius 3 is 2.35 bits per heavy atom. The van der Waals surface area contributed by atoms with Crippen molar-refractivity contribution in [2.24, 2.45) is 22.7 Å². The van der Waals surface area contributed by atoms with Crippen molar-refractivity contribution in [3.8, 4) is 0 Å². The third-order valence-electron chi connectivity index (χ3n) is 6.99. The van der Waals surface area contributed by atoms with Gasteiger partial charge < -0.3 is 4.74 Å². The predicted molar refractivity (Wildman–Crippen MR) is 113 cm³/mol. The number of allylic oxidation sites excluding steroid dienone is 1. The van der Waals surface area contributed by atoms with Crippen LogP contribution in [-0.4, -0.2) is 12.1 Å². The molecule has 142 valence electrons. The van der Waals surface area contributed by atoms with Crippen molar-refractivity contribution in [2.75, 3.05) is 0 Å². The number of esters is 1. The molecule has 0 unspecified atom stereocenters. The molecule has 4 heteroatoms. The molecule has 2 fully saturated rings. The van der Waals surface area contributed by atoms with Gasteiger partial charge in [-0.2, -0.15) is 0 Å². The molecule has 0 spiro atoms. The van der Waals surface area contributed by atoms with Crippen LogP contribution in [0.4, 0.5) is 0 Å². The lowest BCUT2D eigenvalue weighted by atomic mass is 9.48. The number of benzene rings is 1. The van der Waals surface area contributed by atoms with E-state index in [4.69, 9.17) is 4.74 Å². The monoisotopic (exact) mass is 482 g/mol. The molecule has 0 bridgehead atoms. The average Bonchev–Trinajstić information content (AvgIpc) is 2.54. The smallest absolute Gasteiger partial charge is 0.338 e. The zero-order valence-corrected chi connectivity index (χ0v) is 19.2. The van der Waals surface area contributed by atoms with Crippen molar-refractivity contribution in [2.45, 2.75) is 59.5 Å². The van der Waals surface area contributed by atoms with E-state index in [1.54, 1.807) is 0 Å². The Morgan fingerprint density at radius 2 is 1.73 bits per heavy atom. The highest BCUT2D eigenvalue weighted by atomic mass is 79.9. The fourth-order valence-electron chi connectivity index (χ4n) is 5.33. The number of hydrogen-bond donors (Lipinski definition) is 0. The number of rotatable bonds is 2. The molecule has 4 atom stereocenters. The normalized spacial score (nSPS) is 33.5. The van der Waals surface area contributed by atoms with Gasteiger partial charge in [0.1, 0.15) is 6.10 Å². The summed E-state index contributed by atoms with van der Waals surface area (Å²) in [5.74, 6) is 0.848. The standard InChI is InChI=1S/C22H28Br2O2/c1-13-6-7-18-21(3,4)19(8-9-22(18,5)14(13)2)26-20(25)15-10-16(23)12-17(24)11-15/h10-13,18-19H,2,6-9H2,1,3-5H3/t13-,18-,19-,22+/m0/s1. The molecule has 1 aromatic carbocycles. The van der Waals surface area contributed by atoms with Gasteiger partial charge in [0.2, 0.25) is 0 Å². The summed E-state index contributed by atoms with van der Waals surface area (Å²) in [6.07, 6.45) is 4.24. The second-order valence-corrected chi connectivity index (χ2v) is 10.7. The van der Waals surface area contributed by atoms with E-state index in [1.165, 1.54) is 18.4 Å². The Hall–Kier alpha value is -0.610. The van der Waals surface area contributed by atoms with Crippen molar-refractivity contribution < 1.29 is 9.53 Å². The minimum atomic E-state index is -0.239. The van der Waals surface area contributed by atoms with Crippen LogP contribution in [0, 0.1) is 22.7 Å². The van der Waals surface area contributed by atoms with Gasteiger partial charge in [-0.15, -0.1) is 0 Å². The summed E-state index contributed by atoms with van der Waals surface area (Å²) in [4.78, 5) is 12.8. The summed E-state index contributed by atoms with van der Waals surface area (Å²) in [6.45, 7) is 13.7. The van der Waals surface area contributed by atoms with E-state index in [2.05, 4.69) is 66.1 Å². The van der Waals surface area contributed by atoms with E-state index in [0.717, 1.165) is 21.8 Å². The summed E-state index contributed by atoms with van der Waals surface area (Å²) in [5, 5.41) is 0. The highest BCUT2D eigenvalue weighted by molar-refractivity contribution is 9.11. The van der Waals surface area contributed by atoms with Crippen molar-refractivity contribution in [3.05, 3.63) is 44.9 Å². The Bertz CT molecular complexity index is 719. The quantitative estimate of drug-likeness (QED) is 0.329. The first kappa shape index (κ1) is 20.1. The molecule has 0 saturated heterocycles. The zero-order valence-electron chi connectivity index (χ0n) is 16.1. The second-order valence-electron chi connectivity index (χ2n) is 8.89. The van der Waals surface area contributed by atoms with Gasteiger partial charge in [0.15, 0.2) is 0 Å². The summed E-state index contributed by atoms with van der Waals surface area (Å²) in [7, 11) is 0. The van der Waals surface area contributed by atoms with E-state index >= 15 is 0 Å². The lowest BCUT2D eigenvalue weighted by molar-refractivity contribution is -0.105. The van der Waals surface area contributed by atoms with Crippen LogP contribution in [0.1, 0.15) is 63.7 Å². The molecule has 2 nitrogen and oxygen atoms in total. The SMILES string of the molecule is C=C1[C@@H](C)CC[C@H]2C(C)(C)[C@@H](OC(=O)c3cc(Br)cc(Br)c3)CC[C@]12C. The minimum absolute atomic E-state index is 0.0605. The van der Waals surface area contributed by atoms with Crippen LogP contribution in [-0.2, 0) is 4.74 Å². The van der Waals surface area contributed by atoms with Crippen molar-refractivity contribution in [3.63, 3.8) is 0 Å². The Kier molecular flexibility index (Phi) is 5.49. The third-order valence-corrected chi connectivity index (χ3v) is 7.90. The lowest BCUT2D eigenvalue weighted by Crippen LogP contribution is -2.54. The van der Waals surface area contributed by atoms with Gasteiger partial charge in [0.25, 0.3) is 0 Å². The van der Waals surface area contributed by atoms with E-state index in [9.17, 15) is 4.79 Å². The van der Waals surface area contributed by atoms with E-state index in [1.807, 2.05) is 18.2 Å². The first-order valence-electron chi connectivity index (χ1n) is 9.42. The Labute approximate surface area is 174 Å². The predicted octanol–water partition coefficient (Wildman–Crippen LogP) is 7.17. The van der Waals surface area contributed by atoms with Gasteiger partial charge in [-0.05, 0) is 61.1 Å². The van der Waals surface area contributed by atoms with Gasteiger partial charge in [0.05, 0.1) is 5.56 Å². The molecule has 2 saturated carbocycles. The fourth-order valence-corrected chi connectivity index (χ4v) is 6.62. The van der Waals surface area contributed by atoms with Gasteiger partial charge >= 0.3 is 5.97 Å². The Balaban J connectivity index is 1.82. The van der Waals surface area contributed by atoms with Crippen molar-refractivity contribution in [1.82, 2.24) is 0 Å². The van der Waals surface area contributed by atoms with Crippen molar-refractivity contribution in [1.29, 1.82) is 0 Å². The van der Waals surface area contributed by atoms with Crippen LogP contribution in [0.25, 0.3) is 0 Å². The number of carbonyl (C=O) groups is 1. The highest BCUT2D eigenvalue weighted by Crippen LogP contribution is 2.61. The number of carbonyl (C=O) groups excluding carboxylic acids is 1. The molecule has 1 aromatic rings. The first-order valence-corrected chi connectivity index (χ1v) is 11.0. The largest absolute Gasteiger partial charge is 0.458 e. The molecule has 0 aliphatic heterocycles. The molecule has 0 N–H and O–H groups in total. The Morgan fingerprint density at radius 1 is 1.12 bits per heavy atom. The third kappa shape index (κ3) is 3.44. The number of ether oxygens (including phenoxy) is 1. The van der Waals surface area contributed by atoms with Crippen molar-refractivity contribution >= 4 is 37.8 Å². The summed E-state index contributed by atoms with van der Waals surface area (Å²) >= 11 is 6.89. The topological polar surface area (TPSA) is 26.3 Å². The number of fused-ring (bicyclic) bond motifs is 1. The molecule has 2 aliphatic rings. The number of hydrogen-bond acceptors (Lipinski definition) is 2. The summed E-state index contributed by atoms with van der Waals surface area (Å²) in [5.41, 5.74) is 2.07. The lowest BCUT2D eigenvalue weighted by Gasteiger charge is -2.58. The molecular weight excluding hydrogens is 456 g/mol. The van der Waals surface area contributed by atoms with E-state index in [0.29, 0.717) is 17.4 Å². The van der Waals surface area contributed by atoms with Gasteiger partial charge in [-0.3, -0.25) is 0 Å². The first-order chi connectivity index (χ1) is 12.1. The molecule has 0 aromatic heterocycles. The molecule has 0 amide bonds. The maximum Gasteiger partial charge on any atom is 0.338 e. The summed E-state index contributed by atoms with van der Waals surface area (Å²) < 4.78 is 7.78. The fraction of sp³-hybridized carbons (Fsp3) is 0.591. The van der Waals surface area contributed by atoms with Gasteiger partial charge in [0, 0.05) is 14.4 Å². The van der Waals surface area contributed by atoms with Gasteiger partial charge in [-0.1, -0.05) is 71.7 Å². The summed E-state index contributed by atoms with van der Waals surface area (Å²) in [6, 6.07) is 5.55. The molecular formula is C22H28Br2O2. The van der Waals surface area contributed by atoms with Gasteiger partial charge in [-0.25, -0.2) is 4.79 Å². The molecule has 0 radical (unpaired) electrons. The van der Waals surface area contributed by atoms with E-state index in [-0.39, 0.29) is 22.9 Å². The average molecular weight is 484 g/mol. The zero-order chi connectivity index (χ0) is 19.3. The highest BCUT2D eigenvalue weighted by Gasteiger charge is 2.55. The second kappa shape index (κ2) is 7.09. The van der Waals surface area contributed by atoms with Crippen LogP contribution < -0.4 is 0 Å².